The summed E-state index contributed by atoms with van der Waals surface area (Å²) in [5.41, 5.74) is -0.477. The Kier molecular flexibility index (Phi) is 1.77. The van der Waals surface area contributed by atoms with Gasteiger partial charge in [0.25, 0.3) is 0 Å². The number of Topliss-reactive ketones (excluding diaryl/α,β-unsaturated/α-hetero) is 1. The first-order valence-electron chi connectivity index (χ1n) is 2.70. The minimum Gasteiger partial charge on any atom is -0.298 e. The lowest BCUT2D eigenvalue weighted by molar-refractivity contribution is -0.124. The molecule has 0 saturated heterocycles. The fourth-order valence-electron chi connectivity index (χ4n) is 0.681. The minimum atomic E-state index is -0.477. The molecule has 2 atom stereocenters. The molecule has 2 nitrogen and oxygen atoms in total. The smallest absolute Gasteiger partial charge is 0.169 e. The van der Waals surface area contributed by atoms with Crippen molar-refractivity contribution in [3.63, 3.8) is 0 Å². The first-order valence-corrected chi connectivity index (χ1v) is 3.37. The quantitative estimate of drug-likeness (QED) is 0.360. The minimum absolute atomic E-state index is 0.00694. The van der Waals surface area contributed by atoms with Crippen LogP contribution < -0.4 is 0 Å². The van der Waals surface area contributed by atoms with Gasteiger partial charge in [-0.3, -0.25) is 9.59 Å². The van der Waals surface area contributed by atoms with Crippen LogP contribution in [0.2, 0.25) is 0 Å². The van der Waals surface area contributed by atoms with Gasteiger partial charge in [-0.1, -0.05) is 6.08 Å². The van der Waals surface area contributed by atoms with Crippen LogP contribution in [0.1, 0.15) is 6.42 Å². The van der Waals surface area contributed by atoms with E-state index in [9.17, 15) is 9.59 Å². The van der Waals surface area contributed by atoms with Crippen molar-refractivity contribution in [2.45, 2.75) is 12.1 Å². The van der Waals surface area contributed by atoms with Crippen molar-refractivity contribution in [2.75, 3.05) is 0 Å². The maximum atomic E-state index is 10.7. The van der Waals surface area contributed by atoms with Crippen molar-refractivity contribution in [1.29, 1.82) is 0 Å². The molecule has 2 unspecified atom stereocenters. The van der Waals surface area contributed by atoms with Gasteiger partial charge in [0.2, 0.25) is 0 Å². The van der Waals surface area contributed by atoms with Crippen LogP contribution in [0, 0.1) is 0 Å². The van der Waals surface area contributed by atoms with Crippen LogP contribution in [0.25, 0.3) is 0 Å². The second-order valence-electron chi connectivity index (χ2n) is 1.95. The van der Waals surface area contributed by atoms with Gasteiger partial charge < -0.3 is 0 Å². The topological polar surface area (TPSA) is 34.1 Å². The lowest BCUT2D eigenvalue weighted by atomic mass is 10.1. The zero-order chi connectivity index (χ0) is 6.85. The van der Waals surface area contributed by atoms with Crippen LogP contribution in [0.15, 0.2) is 12.2 Å². The summed E-state index contributed by atoms with van der Waals surface area (Å²) in [6, 6.07) is 0. The predicted molar refractivity (Wildman–Crippen MR) is 37.3 cm³/mol. The van der Waals surface area contributed by atoms with Gasteiger partial charge in [0.15, 0.2) is 11.6 Å². The van der Waals surface area contributed by atoms with Gasteiger partial charge in [0.1, 0.15) is 0 Å². The van der Waals surface area contributed by atoms with Gasteiger partial charge in [-0.15, -0.1) is 9.24 Å². The Bertz CT molecular complexity index is 183. The Labute approximate surface area is 55.5 Å². The van der Waals surface area contributed by atoms with Gasteiger partial charge in [0, 0.05) is 6.42 Å². The van der Waals surface area contributed by atoms with E-state index >= 15 is 0 Å². The van der Waals surface area contributed by atoms with Crippen molar-refractivity contribution in [1.82, 2.24) is 0 Å². The molecule has 1 aliphatic rings. The van der Waals surface area contributed by atoms with E-state index in [2.05, 4.69) is 9.24 Å². The molecule has 1 aliphatic carbocycles. The highest BCUT2D eigenvalue weighted by Gasteiger charge is 2.20. The fourth-order valence-corrected chi connectivity index (χ4v) is 0.928. The number of rotatable bonds is 0. The summed E-state index contributed by atoms with van der Waals surface area (Å²) in [5, 5.41) is 0. The summed E-state index contributed by atoms with van der Waals surface area (Å²) < 4.78 is 0. The van der Waals surface area contributed by atoms with Crippen LogP contribution in [-0.4, -0.2) is 17.2 Å². The number of hydrogen-bond acceptors (Lipinski definition) is 2. The summed E-state index contributed by atoms with van der Waals surface area (Å²) in [7, 11) is 2.23. The standard InChI is InChI=1S/C6H7O2P/c7-4-2-1-3-5(8)6(4)9/h1-2,6H,3,9H2. The highest BCUT2D eigenvalue weighted by atomic mass is 31.0. The average Bonchev–Trinajstić information content (AvgIpc) is 1.83. The first-order chi connectivity index (χ1) is 4.22. The van der Waals surface area contributed by atoms with Crippen LogP contribution in [0.4, 0.5) is 0 Å². The van der Waals surface area contributed by atoms with E-state index in [-0.39, 0.29) is 11.6 Å². The Hall–Kier alpha value is -0.490. The molecule has 0 spiro atoms. The highest BCUT2D eigenvalue weighted by molar-refractivity contribution is 7.21. The molecule has 48 valence electrons. The predicted octanol–water partition coefficient (Wildman–Crippen LogP) is 0.328. The number of ketones is 2. The molecule has 0 aromatic rings. The molecule has 9 heavy (non-hydrogen) atoms. The third-order valence-electron chi connectivity index (χ3n) is 1.25. The van der Waals surface area contributed by atoms with E-state index in [1.807, 2.05) is 0 Å². The lowest BCUT2D eigenvalue weighted by Crippen LogP contribution is -2.24. The molecule has 0 radical (unpaired) electrons. The molecule has 1 rings (SSSR count). The van der Waals surface area contributed by atoms with Gasteiger partial charge >= 0.3 is 0 Å². The van der Waals surface area contributed by atoms with Crippen molar-refractivity contribution in [2.24, 2.45) is 0 Å². The van der Waals surface area contributed by atoms with E-state index in [1.165, 1.54) is 6.08 Å². The summed E-state index contributed by atoms with van der Waals surface area (Å²) in [6.07, 6.45) is 3.46. The number of carbonyl (C=O) groups is 2. The second kappa shape index (κ2) is 2.40. The SMILES string of the molecule is O=C1C=CCC(=O)C1P. The van der Waals surface area contributed by atoms with E-state index in [1.54, 1.807) is 6.08 Å². The van der Waals surface area contributed by atoms with Crippen molar-refractivity contribution >= 4 is 20.8 Å². The summed E-state index contributed by atoms with van der Waals surface area (Å²) in [4.78, 5) is 21.4. The normalized spacial score (nSPS) is 27.0. The van der Waals surface area contributed by atoms with Gasteiger partial charge in [-0.2, -0.15) is 0 Å². The second-order valence-corrected chi connectivity index (χ2v) is 2.62. The molecule has 0 aliphatic heterocycles. The molecular formula is C6H7O2P. The maximum Gasteiger partial charge on any atom is 0.169 e. The Morgan fingerprint density at radius 3 is 2.67 bits per heavy atom. The van der Waals surface area contributed by atoms with Crippen molar-refractivity contribution in [3.05, 3.63) is 12.2 Å². The van der Waals surface area contributed by atoms with Crippen molar-refractivity contribution in [3.8, 4) is 0 Å². The average molecular weight is 142 g/mol. The molecule has 0 aromatic carbocycles. The molecule has 0 heterocycles. The molecule has 0 saturated carbocycles. The zero-order valence-electron chi connectivity index (χ0n) is 4.83. The Morgan fingerprint density at radius 1 is 1.56 bits per heavy atom. The van der Waals surface area contributed by atoms with E-state index in [4.69, 9.17) is 0 Å². The molecule has 0 fully saturated rings. The molecule has 3 heteroatoms. The molecule has 0 bridgehead atoms. The maximum absolute atomic E-state index is 10.7. The monoisotopic (exact) mass is 142 g/mol. The molecule has 0 amide bonds. The fraction of sp³-hybridized carbons (Fsp3) is 0.333. The van der Waals surface area contributed by atoms with E-state index < -0.39 is 5.66 Å². The summed E-state index contributed by atoms with van der Waals surface area (Å²) in [5.74, 6) is -0.108. The van der Waals surface area contributed by atoms with Crippen molar-refractivity contribution < 1.29 is 9.59 Å². The van der Waals surface area contributed by atoms with Crippen LogP contribution in [-0.2, 0) is 9.59 Å². The summed E-state index contributed by atoms with van der Waals surface area (Å²) >= 11 is 0. The third-order valence-corrected chi connectivity index (χ3v) is 1.95. The van der Waals surface area contributed by atoms with Gasteiger partial charge in [0.05, 0.1) is 5.66 Å². The zero-order valence-corrected chi connectivity index (χ0v) is 5.99. The largest absolute Gasteiger partial charge is 0.298 e. The number of allylic oxidation sites excluding steroid dienone is 2. The first kappa shape index (κ1) is 6.63. The molecule has 0 aromatic heterocycles. The third kappa shape index (κ3) is 1.25. The van der Waals surface area contributed by atoms with E-state index in [0.29, 0.717) is 6.42 Å². The molecular weight excluding hydrogens is 135 g/mol. The van der Waals surface area contributed by atoms with E-state index in [0.717, 1.165) is 0 Å². The van der Waals surface area contributed by atoms with Gasteiger partial charge in [-0.25, -0.2) is 0 Å². The Morgan fingerprint density at radius 2 is 2.22 bits per heavy atom. The van der Waals surface area contributed by atoms with Crippen LogP contribution >= 0.6 is 9.24 Å². The number of hydrogen-bond donors (Lipinski definition) is 0. The Balaban J connectivity index is 2.81. The number of carbonyl (C=O) groups excluding carboxylic acids is 2. The lowest BCUT2D eigenvalue weighted by Gasteiger charge is -2.07. The van der Waals surface area contributed by atoms with Crippen LogP contribution in [0.5, 0.6) is 0 Å². The molecule has 0 N–H and O–H groups in total. The summed E-state index contributed by atoms with van der Waals surface area (Å²) in [6.45, 7) is 0. The van der Waals surface area contributed by atoms with Crippen LogP contribution in [0.3, 0.4) is 0 Å². The van der Waals surface area contributed by atoms with Gasteiger partial charge in [-0.05, 0) is 6.08 Å². The highest BCUT2D eigenvalue weighted by Crippen LogP contribution is 2.11.